The first-order valence-corrected chi connectivity index (χ1v) is 19.2. The van der Waals surface area contributed by atoms with Gasteiger partial charge in [0, 0.05) is 36.1 Å². The molecule has 14 heteroatoms. The third kappa shape index (κ3) is 6.15. The van der Waals surface area contributed by atoms with Gasteiger partial charge in [0.25, 0.3) is 5.91 Å². The van der Waals surface area contributed by atoms with Gasteiger partial charge in [0.05, 0.1) is 17.7 Å². The zero-order chi connectivity index (χ0) is 37.7. The second-order valence-electron chi connectivity index (χ2n) is 14.2. The topological polar surface area (TPSA) is 106 Å². The lowest BCUT2D eigenvalue weighted by Gasteiger charge is -2.38. The van der Waals surface area contributed by atoms with Gasteiger partial charge in [0.2, 0.25) is 0 Å². The Morgan fingerprint density at radius 1 is 0.981 bits per heavy atom. The minimum atomic E-state index is -2.39. The Morgan fingerprint density at radius 3 is 2.33 bits per heavy atom. The molecule has 272 valence electrons. The van der Waals surface area contributed by atoms with E-state index in [-0.39, 0.29) is 69.8 Å². The summed E-state index contributed by atoms with van der Waals surface area (Å²) in [5.41, 5.74) is 1.53. The van der Waals surface area contributed by atoms with Crippen molar-refractivity contribution in [2.24, 2.45) is 0 Å². The molecule has 52 heavy (non-hydrogen) atoms. The van der Waals surface area contributed by atoms with E-state index < -0.39 is 60.2 Å². The SMILES string of the molecule is COCOc1cc(-c2c(F)cc3c(N4C=CCC5(C4)NC(=O)NC5=O)nc(F)nc3c2F)c2c(C#C[Si](C(C)C)(C(C)C)C(C)C)c(F)ccc2c1. The smallest absolute Gasteiger partial charge is 0.322 e. The molecule has 0 bridgehead atoms. The minimum absolute atomic E-state index is 0.0290. The molecule has 1 saturated heterocycles. The molecule has 9 nitrogen and oxygen atoms in total. The van der Waals surface area contributed by atoms with Crippen LogP contribution in [0.4, 0.5) is 28.2 Å². The quantitative estimate of drug-likeness (QED) is 0.0475. The van der Waals surface area contributed by atoms with Crippen molar-refractivity contribution in [3.63, 3.8) is 0 Å². The van der Waals surface area contributed by atoms with Crippen LogP contribution in [-0.2, 0) is 9.53 Å². The van der Waals surface area contributed by atoms with Crippen LogP contribution in [0.2, 0.25) is 16.6 Å². The van der Waals surface area contributed by atoms with Crippen LogP contribution in [0.1, 0.15) is 53.5 Å². The molecule has 2 aliphatic rings. The average molecular weight is 734 g/mol. The van der Waals surface area contributed by atoms with Crippen molar-refractivity contribution in [3.05, 3.63) is 71.7 Å². The van der Waals surface area contributed by atoms with E-state index in [2.05, 4.69) is 73.6 Å². The zero-order valence-electron chi connectivity index (χ0n) is 29.9. The summed E-state index contributed by atoms with van der Waals surface area (Å²) in [4.78, 5) is 33.6. The molecular formula is C38H39F4N5O4Si. The first-order chi connectivity index (χ1) is 24.6. The van der Waals surface area contributed by atoms with E-state index in [4.69, 9.17) is 9.47 Å². The van der Waals surface area contributed by atoms with Crippen molar-refractivity contribution in [2.45, 2.75) is 70.1 Å². The average Bonchev–Trinajstić information content (AvgIpc) is 3.35. The number of rotatable bonds is 8. The first-order valence-electron chi connectivity index (χ1n) is 17.0. The van der Waals surface area contributed by atoms with Crippen LogP contribution in [0.15, 0.2) is 42.6 Å². The molecule has 3 heterocycles. The van der Waals surface area contributed by atoms with E-state index in [9.17, 15) is 9.59 Å². The van der Waals surface area contributed by atoms with Crippen molar-refractivity contribution in [2.75, 3.05) is 25.3 Å². The van der Waals surface area contributed by atoms with Crippen LogP contribution >= 0.6 is 0 Å². The third-order valence-corrected chi connectivity index (χ3v) is 16.5. The van der Waals surface area contributed by atoms with Crippen molar-refractivity contribution < 1.29 is 36.6 Å². The number of urea groups is 1. The number of benzene rings is 3. The zero-order valence-corrected chi connectivity index (χ0v) is 30.9. The fourth-order valence-corrected chi connectivity index (χ4v) is 13.1. The maximum absolute atomic E-state index is 16.9. The summed E-state index contributed by atoms with van der Waals surface area (Å²) < 4.78 is 75.5. The first kappa shape index (κ1) is 36.8. The fraction of sp³-hybridized carbons (Fsp3) is 0.368. The minimum Gasteiger partial charge on any atom is -0.468 e. The van der Waals surface area contributed by atoms with Crippen LogP contribution in [-0.4, -0.2) is 56.0 Å². The number of ether oxygens (including phenoxy) is 2. The number of aromatic nitrogens is 2. The number of nitrogens with zero attached hydrogens (tertiary/aromatic N) is 3. The number of methoxy groups -OCH3 is 1. The Morgan fingerprint density at radius 2 is 1.69 bits per heavy atom. The monoisotopic (exact) mass is 733 g/mol. The number of halogens is 4. The summed E-state index contributed by atoms with van der Waals surface area (Å²) in [6, 6.07) is 5.98. The van der Waals surface area contributed by atoms with Gasteiger partial charge in [0.15, 0.2) is 12.6 Å². The number of amides is 3. The Labute approximate surface area is 299 Å². The molecule has 2 aliphatic heterocycles. The van der Waals surface area contributed by atoms with E-state index >= 15 is 17.6 Å². The summed E-state index contributed by atoms with van der Waals surface area (Å²) in [5.74, 6) is -0.484. The van der Waals surface area contributed by atoms with E-state index in [1.54, 1.807) is 12.1 Å². The van der Waals surface area contributed by atoms with Gasteiger partial charge in [-0.05, 0) is 46.3 Å². The standard InChI is InChI=1S/C38H39F4N5O4Si/c1-20(2)52(21(3)4,22(5)6)14-11-25-28(39)10-9-23-15-24(51-19-50-7)16-26(30(23)25)31-29(40)17-27-33(32(31)41)43-36(42)44-34(27)47-13-8-12-38(18-47)35(48)45-37(49)46-38/h8-10,13,15-17,20-22H,12,18-19H2,1-7H3,(H2,45,46,48,49). The number of imide groups is 1. The van der Waals surface area contributed by atoms with Gasteiger partial charge in [-0.3, -0.25) is 10.1 Å². The molecule has 3 amide bonds. The predicted molar refractivity (Wildman–Crippen MR) is 193 cm³/mol. The number of carbonyl (C=O) groups excluding carboxylic acids is 2. The number of anilines is 1. The highest BCUT2D eigenvalue weighted by Gasteiger charge is 2.48. The van der Waals surface area contributed by atoms with E-state index in [1.165, 1.54) is 36.4 Å². The van der Waals surface area contributed by atoms with Gasteiger partial charge >= 0.3 is 12.1 Å². The summed E-state index contributed by atoms with van der Waals surface area (Å²) in [5, 5.41) is 5.11. The number of carbonyl (C=O) groups is 2. The molecule has 0 aliphatic carbocycles. The maximum Gasteiger partial charge on any atom is 0.322 e. The second-order valence-corrected chi connectivity index (χ2v) is 19.7. The Balaban J connectivity index is 1.61. The lowest BCUT2D eigenvalue weighted by Crippen LogP contribution is -2.56. The number of nitrogens with one attached hydrogen (secondary N) is 2. The molecule has 1 unspecified atom stereocenters. The maximum atomic E-state index is 16.9. The number of hydrogen-bond acceptors (Lipinski definition) is 7. The fourth-order valence-electron chi connectivity index (χ4n) is 7.88. The van der Waals surface area contributed by atoms with Gasteiger partial charge in [-0.25, -0.2) is 18.0 Å². The largest absolute Gasteiger partial charge is 0.468 e. The van der Waals surface area contributed by atoms with E-state index in [0.717, 1.165) is 6.07 Å². The summed E-state index contributed by atoms with van der Waals surface area (Å²) in [6.45, 7) is 12.4. The Bertz CT molecular complexity index is 2200. The predicted octanol–water partition coefficient (Wildman–Crippen LogP) is 7.86. The van der Waals surface area contributed by atoms with Crippen molar-refractivity contribution >= 4 is 47.5 Å². The highest BCUT2D eigenvalue weighted by atomic mass is 28.3. The van der Waals surface area contributed by atoms with Crippen LogP contribution in [0.25, 0.3) is 32.8 Å². The highest BCUT2D eigenvalue weighted by molar-refractivity contribution is 6.90. The van der Waals surface area contributed by atoms with Gasteiger partial charge in [-0.15, -0.1) is 5.54 Å². The van der Waals surface area contributed by atoms with Crippen molar-refractivity contribution in [1.29, 1.82) is 0 Å². The van der Waals surface area contributed by atoms with Crippen LogP contribution in [0, 0.1) is 35.0 Å². The Hall–Kier alpha value is -5.00. The van der Waals surface area contributed by atoms with Gasteiger partial charge < -0.3 is 19.7 Å². The molecule has 3 aromatic carbocycles. The number of hydrogen-bond donors (Lipinski definition) is 2. The van der Waals surface area contributed by atoms with Crippen LogP contribution in [0.3, 0.4) is 0 Å². The lowest BCUT2D eigenvalue weighted by atomic mass is 9.91. The van der Waals surface area contributed by atoms with Gasteiger partial charge in [-0.2, -0.15) is 14.4 Å². The van der Waals surface area contributed by atoms with Gasteiger partial charge in [-0.1, -0.05) is 59.6 Å². The molecule has 0 radical (unpaired) electrons. The van der Waals surface area contributed by atoms with Crippen LogP contribution < -0.4 is 20.3 Å². The van der Waals surface area contributed by atoms with Gasteiger partial charge in [0.1, 0.15) is 42.3 Å². The molecule has 0 saturated carbocycles. The van der Waals surface area contributed by atoms with Crippen molar-refractivity contribution in [3.8, 4) is 28.3 Å². The molecule has 2 N–H and O–H groups in total. The second kappa shape index (κ2) is 13.9. The molecular weight excluding hydrogens is 695 g/mol. The van der Waals surface area contributed by atoms with Crippen LogP contribution in [0.5, 0.6) is 5.75 Å². The lowest BCUT2D eigenvalue weighted by molar-refractivity contribution is -0.123. The molecule has 1 aromatic heterocycles. The third-order valence-electron chi connectivity index (χ3n) is 10.2. The molecule has 1 atom stereocenters. The Kier molecular flexibility index (Phi) is 9.80. The molecule has 1 spiro atoms. The summed E-state index contributed by atoms with van der Waals surface area (Å²) >= 11 is 0. The number of fused-ring (bicyclic) bond motifs is 2. The van der Waals surface area contributed by atoms with E-state index in [1.807, 2.05) is 0 Å². The highest BCUT2D eigenvalue weighted by Crippen LogP contribution is 2.44. The molecule has 4 aromatic rings. The normalized spacial score (nSPS) is 17.5. The summed E-state index contributed by atoms with van der Waals surface area (Å²) in [6.07, 6.45) is 1.86. The van der Waals surface area contributed by atoms with E-state index in [0.29, 0.717) is 5.39 Å². The summed E-state index contributed by atoms with van der Waals surface area (Å²) in [7, 11) is -0.971. The molecule has 6 rings (SSSR count). The van der Waals surface area contributed by atoms with Crippen molar-refractivity contribution in [1.82, 2.24) is 20.6 Å². The molecule has 1 fully saturated rings.